The molecule has 0 aliphatic heterocycles. The summed E-state index contributed by atoms with van der Waals surface area (Å²) in [6, 6.07) is 5.36. The van der Waals surface area contributed by atoms with Crippen molar-refractivity contribution in [1.29, 1.82) is 0 Å². The fourth-order valence-electron chi connectivity index (χ4n) is 1.15. The fraction of sp³-hybridized carbons (Fsp3) is 0.273. The van der Waals surface area contributed by atoms with Crippen molar-refractivity contribution in [1.82, 2.24) is 0 Å². The van der Waals surface area contributed by atoms with Crippen molar-refractivity contribution in [2.45, 2.75) is 18.0 Å². The monoisotopic (exact) mass is 268 g/mol. The molecule has 1 N–H and O–H groups in total. The summed E-state index contributed by atoms with van der Waals surface area (Å²) in [5.41, 5.74) is -4.61. The Hall–Kier alpha value is -1.68. The van der Waals surface area contributed by atoms with E-state index in [1.807, 2.05) is 0 Å². The highest BCUT2D eigenvalue weighted by Gasteiger charge is 2.54. The predicted octanol–water partition coefficient (Wildman–Crippen LogP) is 3.00. The maximum Gasteiger partial charge on any atom is 0.457 e. The molecule has 1 aromatic carbocycles. The van der Waals surface area contributed by atoms with E-state index in [1.54, 1.807) is 0 Å². The van der Waals surface area contributed by atoms with Gasteiger partial charge in [0.2, 0.25) is 5.60 Å². The topological polar surface area (TPSA) is 20.2 Å². The van der Waals surface area contributed by atoms with E-state index in [0.717, 1.165) is 30.2 Å². The molecule has 1 atom stereocenters. The van der Waals surface area contributed by atoms with Gasteiger partial charge in [-0.05, 0) is 5.92 Å². The van der Waals surface area contributed by atoms with Crippen molar-refractivity contribution in [3.8, 4) is 11.8 Å². The largest absolute Gasteiger partial charge is 0.457 e. The van der Waals surface area contributed by atoms with Crippen LogP contribution < -0.4 is 0 Å². The van der Waals surface area contributed by atoms with Crippen molar-refractivity contribution in [3.05, 3.63) is 35.9 Å². The molecule has 98 valence electrons. The minimum Gasteiger partial charge on any atom is -0.366 e. The number of hydrogen-bond donors (Lipinski definition) is 1. The standard InChI is InChI=1S/C11H6F6O/c12-10(13,14)7-6-9(18,11(15,16)17)8-4-2-1-3-5-8/h1-5,18H. The molecule has 0 spiro atoms. The van der Waals surface area contributed by atoms with Gasteiger partial charge in [0, 0.05) is 11.5 Å². The molecule has 0 bridgehead atoms. The van der Waals surface area contributed by atoms with E-state index >= 15 is 0 Å². The van der Waals surface area contributed by atoms with Crippen LogP contribution in [0.4, 0.5) is 26.3 Å². The van der Waals surface area contributed by atoms with E-state index < -0.39 is 23.5 Å². The molecule has 0 fully saturated rings. The first-order valence-electron chi connectivity index (χ1n) is 4.52. The van der Waals surface area contributed by atoms with Crippen LogP contribution in [0.2, 0.25) is 0 Å². The van der Waals surface area contributed by atoms with Crippen LogP contribution in [0.5, 0.6) is 0 Å². The third kappa shape index (κ3) is 3.17. The zero-order valence-corrected chi connectivity index (χ0v) is 8.60. The lowest BCUT2D eigenvalue weighted by Crippen LogP contribution is -2.41. The summed E-state index contributed by atoms with van der Waals surface area (Å²) in [5, 5.41) is 9.38. The first-order chi connectivity index (χ1) is 8.06. The molecule has 0 aliphatic rings. The van der Waals surface area contributed by atoms with Crippen LogP contribution in [-0.4, -0.2) is 17.5 Å². The van der Waals surface area contributed by atoms with Gasteiger partial charge in [-0.1, -0.05) is 30.3 Å². The van der Waals surface area contributed by atoms with E-state index in [9.17, 15) is 31.4 Å². The third-order valence-corrected chi connectivity index (χ3v) is 1.99. The second-order valence-corrected chi connectivity index (χ2v) is 3.32. The highest BCUT2D eigenvalue weighted by atomic mass is 19.4. The van der Waals surface area contributed by atoms with Crippen LogP contribution in [0.25, 0.3) is 0 Å². The highest BCUT2D eigenvalue weighted by Crippen LogP contribution is 2.38. The maximum atomic E-state index is 12.6. The first kappa shape index (κ1) is 14.4. The summed E-state index contributed by atoms with van der Waals surface area (Å²) in [6.45, 7) is 0. The quantitative estimate of drug-likeness (QED) is 0.613. The van der Waals surface area contributed by atoms with Crippen molar-refractivity contribution >= 4 is 0 Å². The Kier molecular flexibility index (Phi) is 3.62. The van der Waals surface area contributed by atoms with E-state index in [-0.39, 0.29) is 0 Å². The second kappa shape index (κ2) is 4.53. The third-order valence-electron chi connectivity index (χ3n) is 1.99. The molecule has 0 aliphatic carbocycles. The number of benzene rings is 1. The molecule has 0 amide bonds. The zero-order valence-electron chi connectivity index (χ0n) is 8.60. The second-order valence-electron chi connectivity index (χ2n) is 3.32. The smallest absolute Gasteiger partial charge is 0.366 e. The molecular weight excluding hydrogens is 262 g/mol. The van der Waals surface area contributed by atoms with Gasteiger partial charge in [-0.25, -0.2) is 0 Å². The van der Waals surface area contributed by atoms with E-state index in [4.69, 9.17) is 0 Å². The van der Waals surface area contributed by atoms with Crippen LogP contribution in [0.1, 0.15) is 5.56 Å². The zero-order chi connectivity index (χ0) is 14.0. The molecule has 0 saturated carbocycles. The highest BCUT2D eigenvalue weighted by molar-refractivity contribution is 5.34. The van der Waals surface area contributed by atoms with Crippen LogP contribution >= 0.6 is 0 Å². The molecule has 0 aromatic heterocycles. The molecule has 1 rings (SSSR count). The molecule has 7 heteroatoms. The van der Waals surface area contributed by atoms with Gasteiger partial charge in [-0.3, -0.25) is 0 Å². The minimum absolute atomic E-state index is 0.447. The molecule has 1 aromatic rings. The van der Waals surface area contributed by atoms with Gasteiger partial charge in [0.15, 0.2) is 0 Å². The predicted molar refractivity (Wildman–Crippen MR) is 50.2 cm³/mol. The Morgan fingerprint density at radius 3 is 1.72 bits per heavy atom. The van der Waals surface area contributed by atoms with E-state index in [0.29, 0.717) is 5.92 Å². The van der Waals surface area contributed by atoms with Gasteiger partial charge in [0.05, 0.1) is 0 Å². The summed E-state index contributed by atoms with van der Waals surface area (Å²) in [7, 11) is 0. The molecule has 1 nitrogen and oxygen atoms in total. The Bertz CT molecular complexity index is 464. The van der Waals surface area contributed by atoms with Crippen molar-refractivity contribution in [2.75, 3.05) is 0 Å². The number of rotatable bonds is 1. The average Bonchev–Trinajstić information content (AvgIpc) is 2.24. The van der Waals surface area contributed by atoms with Crippen molar-refractivity contribution in [3.63, 3.8) is 0 Å². The lowest BCUT2D eigenvalue weighted by Gasteiger charge is -2.25. The molecular formula is C11H6F6O. The number of alkyl halides is 6. The van der Waals surface area contributed by atoms with Gasteiger partial charge < -0.3 is 5.11 Å². The molecule has 0 heterocycles. The summed E-state index contributed by atoms with van der Waals surface area (Å²) < 4.78 is 73.4. The van der Waals surface area contributed by atoms with Crippen LogP contribution in [0.3, 0.4) is 0 Å². The maximum absolute atomic E-state index is 12.6. The van der Waals surface area contributed by atoms with E-state index in [2.05, 4.69) is 0 Å². The van der Waals surface area contributed by atoms with Crippen LogP contribution in [0, 0.1) is 11.8 Å². The number of halogens is 6. The molecule has 0 saturated heterocycles. The lowest BCUT2D eigenvalue weighted by molar-refractivity contribution is -0.241. The van der Waals surface area contributed by atoms with Crippen molar-refractivity contribution < 1.29 is 31.4 Å². The Morgan fingerprint density at radius 1 is 0.833 bits per heavy atom. The Labute approximate surface area is 98.0 Å². The Morgan fingerprint density at radius 2 is 1.33 bits per heavy atom. The van der Waals surface area contributed by atoms with Crippen LogP contribution in [-0.2, 0) is 5.60 Å². The SMILES string of the molecule is OC(C#CC(F)(F)F)(c1ccccc1)C(F)(F)F. The molecule has 18 heavy (non-hydrogen) atoms. The normalized spacial score (nSPS) is 15.5. The number of hydrogen-bond acceptors (Lipinski definition) is 1. The summed E-state index contributed by atoms with van der Waals surface area (Å²) in [4.78, 5) is 0. The lowest BCUT2D eigenvalue weighted by atomic mass is 9.94. The van der Waals surface area contributed by atoms with Gasteiger partial charge in [0.1, 0.15) is 0 Å². The van der Waals surface area contributed by atoms with Crippen LogP contribution in [0.15, 0.2) is 30.3 Å². The van der Waals surface area contributed by atoms with Gasteiger partial charge in [-0.15, -0.1) is 0 Å². The van der Waals surface area contributed by atoms with Gasteiger partial charge >= 0.3 is 12.4 Å². The van der Waals surface area contributed by atoms with Crippen molar-refractivity contribution in [2.24, 2.45) is 0 Å². The Balaban J connectivity index is 3.33. The summed E-state index contributed by atoms with van der Waals surface area (Å²) in [6.07, 6.45) is -10.5. The first-order valence-corrected chi connectivity index (χ1v) is 4.52. The van der Waals surface area contributed by atoms with Gasteiger partial charge in [-0.2, -0.15) is 26.3 Å². The number of aliphatic hydroxyl groups is 1. The molecule has 0 radical (unpaired) electrons. The van der Waals surface area contributed by atoms with Gasteiger partial charge in [0.25, 0.3) is 0 Å². The summed E-state index contributed by atoms with van der Waals surface area (Å²) in [5.74, 6) is 1.30. The summed E-state index contributed by atoms with van der Waals surface area (Å²) >= 11 is 0. The average molecular weight is 268 g/mol. The minimum atomic E-state index is -5.34. The van der Waals surface area contributed by atoms with E-state index in [1.165, 1.54) is 6.07 Å². The fourth-order valence-corrected chi connectivity index (χ4v) is 1.15. The molecule has 1 unspecified atom stereocenters.